The zero-order valence-electron chi connectivity index (χ0n) is 8.70. The maximum absolute atomic E-state index is 11.4. The number of ether oxygens (including phenoxy) is 2. The lowest BCUT2D eigenvalue weighted by atomic mass is 10.2. The van der Waals surface area contributed by atoms with Gasteiger partial charge in [0, 0.05) is 13.0 Å². The molecule has 0 bridgehead atoms. The van der Waals surface area contributed by atoms with Gasteiger partial charge in [-0.15, -0.1) is 0 Å². The fraction of sp³-hybridized carbons (Fsp3) is 0.778. The summed E-state index contributed by atoms with van der Waals surface area (Å²) >= 11 is 0. The van der Waals surface area contributed by atoms with Crippen LogP contribution >= 0.6 is 0 Å². The fourth-order valence-electron chi connectivity index (χ4n) is 1.03. The van der Waals surface area contributed by atoms with E-state index in [1.54, 1.807) is 20.8 Å². The van der Waals surface area contributed by atoms with Crippen molar-refractivity contribution in [3.05, 3.63) is 0 Å². The largest absolute Gasteiger partial charge is 0.449 e. The maximum Gasteiger partial charge on any atom is 0.419 e. The van der Waals surface area contributed by atoms with Gasteiger partial charge in [0.1, 0.15) is 5.60 Å². The molecule has 1 aliphatic heterocycles. The SMILES string of the molecule is CC(C)(C)OC(=O)N1CCCOC1=O. The van der Waals surface area contributed by atoms with Gasteiger partial charge in [-0.2, -0.15) is 0 Å². The molecule has 0 N–H and O–H groups in total. The molecule has 80 valence electrons. The monoisotopic (exact) mass is 201 g/mol. The number of amides is 2. The lowest BCUT2D eigenvalue weighted by Gasteiger charge is -2.27. The topological polar surface area (TPSA) is 55.8 Å². The van der Waals surface area contributed by atoms with E-state index >= 15 is 0 Å². The van der Waals surface area contributed by atoms with Crippen molar-refractivity contribution >= 4 is 12.2 Å². The maximum atomic E-state index is 11.4. The molecule has 1 saturated heterocycles. The van der Waals surface area contributed by atoms with Crippen molar-refractivity contribution in [1.29, 1.82) is 0 Å². The van der Waals surface area contributed by atoms with Gasteiger partial charge in [-0.25, -0.2) is 14.5 Å². The van der Waals surface area contributed by atoms with E-state index < -0.39 is 17.8 Å². The van der Waals surface area contributed by atoms with E-state index in [9.17, 15) is 9.59 Å². The van der Waals surface area contributed by atoms with Crippen LogP contribution in [0.2, 0.25) is 0 Å². The zero-order chi connectivity index (χ0) is 10.8. The number of carbonyl (C=O) groups excluding carboxylic acids is 2. The number of rotatable bonds is 0. The minimum atomic E-state index is -0.637. The van der Waals surface area contributed by atoms with Gasteiger partial charge < -0.3 is 9.47 Å². The average Bonchev–Trinajstić information content (AvgIpc) is 2.01. The van der Waals surface area contributed by atoms with E-state index in [4.69, 9.17) is 9.47 Å². The normalized spacial score (nSPS) is 17.6. The number of hydrogen-bond acceptors (Lipinski definition) is 4. The van der Waals surface area contributed by atoms with Gasteiger partial charge in [0.25, 0.3) is 0 Å². The van der Waals surface area contributed by atoms with Crippen LogP contribution in [0, 0.1) is 0 Å². The van der Waals surface area contributed by atoms with E-state index in [0.717, 1.165) is 4.90 Å². The summed E-state index contributed by atoms with van der Waals surface area (Å²) in [7, 11) is 0. The van der Waals surface area contributed by atoms with Crippen molar-refractivity contribution < 1.29 is 19.1 Å². The molecule has 5 nitrogen and oxygen atoms in total. The Balaban J connectivity index is 2.55. The third-order valence-electron chi connectivity index (χ3n) is 1.59. The van der Waals surface area contributed by atoms with Crippen LogP contribution in [-0.2, 0) is 9.47 Å². The van der Waals surface area contributed by atoms with Crippen molar-refractivity contribution in [2.24, 2.45) is 0 Å². The van der Waals surface area contributed by atoms with E-state index in [2.05, 4.69) is 0 Å². The van der Waals surface area contributed by atoms with Crippen molar-refractivity contribution in [3.63, 3.8) is 0 Å². The molecule has 14 heavy (non-hydrogen) atoms. The molecule has 0 aromatic carbocycles. The lowest BCUT2D eigenvalue weighted by molar-refractivity contribution is 0.0124. The predicted octanol–water partition coefficient (Wildman–Crippen LogP) is 1.76. The molecule has 1 fully saturated rings. The van der Waals surface area contributed by atoms with E-state index in [0.29, 0.717) is 19.6 Å². The number of hydrogen-bond donors (Lipinski definition) is 0. The summed E-state index contributed by atoms with van der Waals surface area (Å²) in [5.74, 6) is 0. The molecule has 1 heterocycles. The van der Waals surface area contributed by atoms with E-state index in [1.807, 2.05) is 0 Å². The molecule has 0 saturated carbocycles. The molecule has 0 spiro atoms. The Hall–Kier alpha value is -1.26. The highest BCUT2D eigenvalue weighted by molar-refractivity contribution is 5.88. The summed E-state index contributed by atoms with van der Waals surface area (Å²) in [6.07, 6.45) is -0.599. The highest BCUT2D eigenvalue weighted by Crippen LogP contribution is 2.13. The second-order valence-corrected chi connectivity index (χ2v) is 4.10. The Morgan fingerprint density at radius 3 is 2.64 bits per heavy atom. The van der Waals surface area contributed by atoms with Gasteiger partial charge in [0.15, 0.2) is 0 Å². The number of cyclic esters (lactones) is 1. The average molecular weight is 201 g/mol. The highest BCUT2D eigenvalue weighted by Gasteiger charge is 2.30. The summed E-state index contributed by atoms with van der Waals surface area (Å²) in [4.78, 5) is 23.5. The molecule has 0 aromatic heterocycles. The highest BCUT2D eigenvalue weighted by atomic mass is 16.6. The van der Waals surface area contributed by atoms with Gasteiger partial charge in [-0.3, -0.25) is 0 Å². The van der Waals surface area contributed by atoms with E-state index in [1.165, 1.54) is 0 Å². The molecule has 0 radical (unpaired) electrons. The first-order valence-electron chi connectivity index (χ1n) is 4.57. The second-order valence-electron chi connectivity index (χ2n) is 4.10. The standard InChI is InChI=1S/C9H15NO4/c1-9(2,3)14-8(12)10-5-4-6-13-7(10)11/h4-6H2,1-3H3. The lowest BCUT2D eigenvalue weighted by Crippen LogP contribution is -2.44. The predicted molar refractivity (Wildman–Crippen MR) is 48.9 cm³/mol. The Bertz CT molecular complexity index is 244. The third-order valence-corrected chi connectivity index (χ3v) is 1.59. The first kappa shape index (κ1) is 10.8. The van der Waals surface area contributed by atoms with Crippen molar-refractivity contribution in [2.45, 2.75) is 32.8 Å². The molecular formula is C9H15NO4. The molecule has 2 amide bonds. The Morgan fingerprint density at radius 2 is 2.14 bits per heavy atom. The Kier molecular flexibility index (Phi) is 2.98. The molecule has 0 atom stereocenters. The van der Waals surface area contributed by atoms with Gasteiger partial charge in [0.2, 0.25) is 0 Å². The van der Waals surface area contributed by atoms with Crippen LogP contribution < -0.4 is 0 Å². The van der Waals surface area contributed by atoms with Crippen LogP contribution in [0.4, 0.5) is 9.59 Å². The van der Waals surface area contributed by atoms with Gasteiger partial charge in [0.05, 0.1) is 6.61 Å². The summed E-state index contributed by atoms with van der Waals surface area (Å²) in [6.45, 7) is 5.99. The van der Waals surface area contributed by atoms with Crippen LogP contribution in [0.15, 0.2) is 0 Å². The Morgan fingerprint density at radius 1 is 1.50 bits per heavy atom. The molecule has 0 aliphatic carbocycles. The third kappa shape index (κ3) is 2.90. The number of nitrogens with zero attached hydrogens (tertiary/aromatic N) is 1. The van der Waals surface area contributed by atoms with Crippen LogP contribution in [0.1, 0.15) is 27.2 Å². The molecule has 5 heteroatoms. The fourth-order valence-corrected chi connectivity index (χ4v) is 1.03. The summed E-state index contributed by atoms with van der Waals surface area (Å²) in [6, 6.07) is 0. The van der Waals surface area contributed by atoms with Crippen LogP contribution in [0.5, 0.6) is 0 Å². The van der Waals surface area contributed by atoms with Crippen LogP contribution in [0.3, 0.4) is 0 Å². The molecular weight excluding hydrogens is 186 g/mol. The molecule has 0 unspecified atom stereocenters. The van der Waals surface area contributed by atoms with Crippen LogP contribution in [-0.4, -0.2) is 35.8 Å². The number of imide groups is 1. The molecule has 0 aromatic rings. The van der Waals surface area contributed by atoms with Gasteiger partial charge in [-0.05, 0) is 20.8 Å². The first-order valence-corrected chi connectivity index (χ1v) is 4.57. The van der Waals surface area contributed by atoms with Crippen molar-refractivity contribution in [3.8, 4) is 0 Å². The van der Waals surface area contributed by atoms with Gasteiger partial charge >= 0.3 is 12.2 Å². The van der Waals surface area contributed by atoms with Crippen molar-refractivity contribution in [2.75, 3.05) is 13.2 Å². The van der Waals surface area contributed by atoms with Crippen LogP contribution in [0.25, 0.3) is 0 Å². The Labute approximate surface area is 83.0 Å². The summed E-state index contributed by atoms with van der Waals surface area (Å²) in [5.41, 5.74) is -0.588. The molecule has 1 rings (SSSR count). The second kappa shape index (κ2) is 3.86. The zero-order valence-corrected chi connectivity index (χ0v) is 8.70. The number of carbonyl (C=O) groups is 2. The summed E-state index contributed by atoms with van der Waals surface area (Å²) in [5, 5.41) is 0. The molecule has 1 aliphatic rings. The van der Waals surface area contributed by atoms with Gasteiger partial charge in [-0.1, -0.05) is 0 Å². The first-order chi connectivity index (χ1) is 6.40. The summed E-state index contributed by atoms with van der Waals surface area (Å²) < 4.78 is 9.75. The van der Waals surface area contributed by atoms with E-state index in [-0.39, 0.29) is 0 Å². The smallest absolute Gasteiger partial charge is 0.419 e. The quantitative estimate of drug-likeness (QED) is 0.599. The minimum Gasteiger partial charge on any atom is -0.449 e. The minimum absolute atomic E-state index is 0.369. The van der Waals surface area contributed by atoms with Crippen molar-refractivity contribution in [1.82, 2.24) is 4.90 Å².